The normalized spacial score (nSPS) is 14.0. The number of piperidine rings is 1. The molecule has 12 nitrogen and oxygen atoms in total. The van der Waals surface area contributed by atoms with Crippen LogP contribution in [-0.2, 0) is 30.4 Å². The maximum atomic E-state index is 12.5. The summed E-state index contributed by atoms with van der Waals surface area (Å²) < 4.78 is 11.4. The molecule has 0 aliphatic carbocycles. The highest BCUT2D eigenvalue weighted by Crippen LogP contribution is 2.20. The number of likely N-dealkylation sites (tertiary alicyclic amines) is 1. The van der Waals surface area contributed by atoms with Gasteiger partial charge >= 0.3 is 11.9 Å². The number of nitrogens with one attached hydrogen (secondary N) is 1. The van der Waals surface area contributed by atoms with Crippen molar-refractivity contribution in [3.63, 3.8) is 0 Å². The van der Waals surface area contributed by atoms with E-state index in [2.05, 4.69) is 20.8 Å². The lowest BCUT2D eigenvalue weighted by Gasteiger charge is -2.30. The molecule has 0 spiro atoms. The van der Waals surface area contributed by atoms with Crippen LogP contribution in [0.2, 0.25) is 0 Å². The van der Waals surface area contributed by atoms with E-state index in [1.54, 1.807) is 30.0 Å². The summed E-state index contributed by atoms with van der Waals surface area (Å²) in [5, 5.41) is 13.1. The number of ether oxygens (including phenoxy) is 2. The molecular formula is C20H24N6O6. The minimum absolute atomic E-state index is 0.117. The van der Waals surface area contributed by atoms with Gasteiger partial charge in [0.1, 0.15) is 12.9 Å². The highest BCUT2D eigenvalue weighted by molar-refractivity contribution is 6.01. The number of hydrogen-bond donors (Lipinski definition) is 1. The maximum Gasteiger partial charge on any atom is 0.340 e. The molecule has 3 rings (SSSR count). The topological polar surface area (TPSA) is 146 Å². The molecule has 32 heavy (non-hydrogen) atoms. The Morgan fingerprint density at radius 3 is 2.56 bits per heavy atom. The maximum absolute atomic E-state index is 12.5. The third-order valence-corrected chi connectivity index (χ3v) is 4.91. The van der Waals surface area contributed by atoms with Crippen molar-refractivity contribution < 1.29 is 28.7 Å². The average molecular weight is 444 g/mol. The lowest BCUT2D eigenvalue weighted by atomic mass is 9.97. The fourth-order valence-electron chi connectivity index (χ4n) is 3.28. The highest BCUT2D eigenvalue weighted by atomic mass is 16.5. The number of amides is 2. The molecule has 1 aliphatic heterocycles. The molecule has 1 aliphatic rings. The Kier molecular flexibility index (Phi) is 7.84. The molecule has 0 radical (unpaired) electrons. The second-order valence-corrected chi connectivity index (χ2v) is 7.08. The van der Waals surface area contributed by atoms with Gasteiger partial charge in [-0.15, -0.1) is 5.10 Å². The molecule has 1 aromatic heterocycles. The lowest BCUT2D eigenvalue weighted by Crippen LogP contribution is -2.42. The van der Waals surface area contributed by atoms with Crippen molar-refractivity contribution in [1.29, 1.82) is 0 Å². The molecule has 1 fully saturated rings. The zero-order valence-electron chi connectivity index (χ0n) is 17.6. The van der Waals surface area contributed by atoms with Crippen molar-refractivity contribution in [2.45, 2.75) is 26.3 Å². The second kappa shape index (κ2) is 11.0. The quantitative estimate of drug-likeness (QED) is 0.567. The molecule has 1 N–H and O–H groups in total. The molecule has 0 atom stereocenters. The Balaban J connectivity index is 1.50. The van der Waals surface area contributed by atoms with E-state index in [9.17, 15) is 19.2 Å². The van der Waals surface area contributed by atoms with Gasteiger partial charge in [-0.25, -0.2) is 9.48 Å². The van der Waals surface area contributed by atoms with E-state index >= 15 is 0 Å². The molecule has 2 amide bonds. The minimum atomic E-state index is -0.738. The number of nitrogens with zero attached hydrogens (tertiary/aromatic N) is 5. The number of para-hydroxylation sites is 1. The van der Waals surface area contributed by atoms with E-state index in [0.717, 1.165) is 0 Å². The Bertz CT molecular complexity index is 955. The molecule has 2 aromatic rings. The van der Waals surface area contributed by atoms with E-state index in [1.165, 1.54) is 17.1 Å². The molecule has 0 saturated carbocycles. The third-order valence-electron chi connectivity index (χ3n) is 4.91. The van der Waals surface area contributed by atoms with Gasteiger partial charge in [0, 0.05) is 13.1 Å². The summed E-state index contributed by atoms with van der Waals surface area (Å²) in [6, 6.07) is 6.32. The first-order valence-electron chi connectivity index (χ1n) is 10.2. The van der Waals surface area contributed by atoms with Gasteiger partial charge in [-0.2, -0.15) is 0 Å². The number of hydrogen-bond acceptors (Lipinski definition) is 9. The van der Waals surface area contributed by atoms with E-state index in [0.29, 0.717) is 32.5 Å². The molecule has 1 saturated heterocycles. The summed E-state index contributed by atoms with van der Waals surface area (Å²) in [5.41, 5.74) is 0.365. The standard InChI is InChI=1S/C20H24N6O6/c1-2-31-19(29)14-7-9-25(10-8-14)18(28)12-32-20(30)15-5-3-4-6-16(15)22-17(27)11-26-13-21-23-24-26/h3-6,13-14H,2,7-12H2,1H3,(H,22,27). The van der Waals surface area contributed by atoms with Crippen molar-refractivity contribution in [2.75, 3.05) is 31.6 Å². The molecular weight excluding hydrogens is 420 g/mol. The van der Waals surface area contributed by atoms with Crippen molar-refractivity contribution >= 4 is 29.4 Å². The van der Waals surface area contributed by atoms with E-state index in [-0.39, 0.29) is 35.6 Å². The summed E-state index contributed by atoms with van der Waals surface area (Å²) in [4.78, 5) is 50.5. The first kappa shape index (κ1) is 22.8. The van der Waals surface area contributed by atoms with E-state index in [1.807, 2.05) is 0 Å². The Morgan fingerprint density at radius 1 is 1.12 bits per heavy atom. The van der Waals surface area contributed by atoms with Gasteiger partial charge in [0.05, 0.1) is 23.8 Å². The predicted molar refractivity (Wildman–Crippen MR) is 109 cm³/mol. The third kappa shape index (κ3) is 6.09. The number of aromatic nitrogens is 4. The van der Waals surface area contributed by atoms with Gasteiger partial charge in [-0.3, -0.25) is 14.4 Å². The Hall–Kier alpha value is -3.83. The molecule has 0 unspecified atom stereocenters. The number of tetrazole rings is 1. The van der Waals surface area contributed by atoms with Gasteiger partial charge in [0.15, 0.2) is 6.61 Å². The largest absolute Gasteiger partial charge is 0.466 e. The predicted octanol–water partition coefficient (Wildman–Crippen LogP) is 0.270. The zero-order valence-corrected chi connectivity index (χ0v) is 17.6. The monoisotopic (exact) mass is 444 g/mol. The van der Waals surface area contributed by atoms with Gasteiger partial charge in [-0.1, -0.05) is 12.1 Å². The van der Waals surface area contributed by atoms with Crippen LogP contribution in [0.15, 0.2) is 30.6 Å². The lowest BCUT2D eigenvalue weighted by molar-refractivity contribution is -0.151. The fraction of sp³-hybridized carbons (Fsp3) is 0.450. The Morgan fingerprint density at radius 2 is 1.88 bits per heavy atom. The molecule has 12 heteroatoms. The molecule has 1 aromatic carbocycles. The summed E-state index contributed by atoms with van der Waals surface area (Å²) in [6.45, 7) is 2.30. The Labute approximate surface area is 183 Å². The first-order valence-corrected chi connectivity index (χ1v) is 10.2. The van der Waals surface area contributed by atoms with Crippen LogP contribution in [-0.4, -0.2) is 75.2 Å². The molecule has 2 heterocycles. The first-order chi connectivity index (χ1) is 15.5. The smallest absolute Gasteiger partial charge is 0.340 e. The molecule has 170 valence electrons. The highest BCUT2D eigenvalue weighted by Gasteiger charge is 2.28. The average Bonchev–Trinajstić information content (AvgIpc) is 3.30. The van der Waals surface area contributed by atoms with Crippen LogP contribution >= 0.6 is 0 Å². The number of carbonyl (C=O) groups is 4. The summed E-state index contributed by atoms with van der Waals surface area (Å²) in [5.74, 6) is -1.98. The van der Waals surface area contributed by atoms with Crippen LogP contribution in [0, 0.1) is 5.92 Å². The van der Waals surface area contributed by atoms with Crippen molar-refractivity contribution in [2.24, 2.45) is 5.92 Å². The van der Waals surface area contributed by atoms with Crippen LogP contribution in [0.4, 0.5) is 5.69 Å². The number of carbonyl (C=O) groups excluding carboxylic acids is 4. The van der Waals surface area contributed by atoms with Crippen LogP contribution in [0.3, 0.4) is 0 Å². The van der Waals surface area contributed by atoms with Crippen molar-refractivity contribution in [1.82, 2.24) is 25.1 Å². The summed E-state index contributed by atoms with van der Waals surface area (Å²) in [7, 11) is 0. The number of anilines is 1. The second-order valence-electron chi connectivity index (χ2n) is 7.08. The van der Waals surface area contributed by atoms with Crippen LogP contribution < -0.4 is 5.32 Å². The van der Waals surface area contributed by atoms with Crippen LogP contribution in [0.1, 0.15) is 30.1 Å². The molecule has 0 bridgehead atoms. The number of rotatable bonds is 8. The summed E-state index contributed by atoms with van der Waals surface area (Å²) in [6.07, 6.45) is 2.31. The van der Waals surface area contributed by atoms with Crippen molar-refractivity contribution in [3.05, 3.63) is 36.2 Å². The van der Waals surface area contributed by atoms with E-state index < -0.39 is 18.5 Å². The summed E-state index contributed by atoms with van der Waals surface area (Å²) >= 11 is 0. The minimum Gasteiger partial charge on any atom is -0.466 e. The van der Waals surface area contributed by atoms with Gasteiger partial charge in [0.2, 0.25) is 5.91 Å². The van der Waals surface area contributed by atoms with E-state index in [4.69, 9.17) is 9.47 Å². The van der Waals surface area contributed by atoms with Gasteiger partial charge < -0.3 is 19.7 Å². The van der Waals surface area contributed by atoms with Crippen molar-refractivity contribution in [3.8, 4) is 0 Å². The van der Waals surface area contributed by atoms with Gasteiger partial charge in [-0.05, 0) is 42.3 Å². The zero-order chi connectivity index (χ0) is 22.9. The van der Waals surface area contributed by atoms with Crippen LogP contribution in [0.25, 0.3) is 0 Å². The van der Waals surface area contributed by atoms with Gasteiger partial charge in [0.25, 0.3) is 5.91 Å². The fourth-order valence-corrected chi connectivity index (χ4v) is 3.28. The SMILES string of the molecule is CCOC(=O)C1CCN(C(=O)COC(=O)c2ccccc2NC(=O)Cn2cnnn2)CC1. The number of benzene rings is 1. The van der Waals surface area contributed by atoms with Crippen LogP contribution in [0.5, 0.6) is 0 Å². The number of esters is 2.